The predicted octanol–water partition coefficient (Wildman–Crippen LogP) is 2.37. The van der Waals surface area contributed by atoms with Crippen LogP contribution in [-0.4, -0.2) is 63.6 Å². The fraction of sp³-hybridized carbons (Fsp3) is 0.632. The maximum absolute atomic E-state index is 12.8. The molecule has 0 aliphatic carbocycles. The summed E-state index contributed by atoms with van der Waals surface area (Å²) in [7, 11) is 0. The molecule has 1 atom stereocenters. The summed E-state index contributed by atoms with van der Waals surface area (Å²) in [6, 6.07) is 10.9. The Bertz CT molecular complexity index is 546. The van der Waals surface area contributed by atoms with Crippen molar-refractivity contribution in [2.24, 2.45) is 0 Å². The van der Waals surface area contributed by atoms with Crippen molar-refractivity contribution in [3.8, 4) is 0 Å². The largest absolute Gasteiger partial charge is 0.380 e. The van der Waals surface area contributed by atoms with E-state index in [1.165, 1.54) is 5.56 Å². The zero-order chi connectivity index (χ0) is 17.0. The molecule has 2 fully saturated rings. The second-order valence-corrected chi connectivity index (χ2v) is 8.25. The summed E-state index contributed by atoms with van der Waals surface area (Å²) < 4.78 is 0. The first kappa shape index (κ1) is 17.8. The Kier molecular flexibility index (Phi) is 5.85. The number of amides is 1. The van der Waals surface area contributed by atoms with E-state index < -0.39 is 5.60 Å². The van der Waals surface area contributed by atoms with Crippen LogP contribution in [0.1, 0.15) is 31.7 Å². The van der Waals surface area contributed by atoms with Gasteiger partial charge >= 0.3 is 0 Å². The highest BCUT2D eigenvalue weighted by molar-refractivity contribution is 7.99. The van der Waals surface area contributed by atoms with Gasteiger partial charge in [0.05, 0.1) is 0 Å². The van der Waals surface area contributed by atoms with E-state index in [0.717, 1.165) is 37.6 Å². The Morgan fingerprint density at radius 2 is 1.92 bits per heavy atom. The number of hydrogen-bond acceptors (Lipinski definition) is 4. The van der Waals surface area contributed by atoms with E-state index in [1.54, 1.807) is 0 Å². The van der Waals surface area contributed by atoms with Crippen molar-refractivity contribution in [1.82, 2.24) is 9.80 Å². The van der Waals surface area contributed by atoms with Crippen LogP contribution in [0.3, 0.4) is 0 Å². The summed E-state index contributed by atoms with van der Waals surface area (Å²) in [4.78, 5) is 17.2. The minimum atomic E-state index is -1.12. The lowest BCUT2D eigenvalue weighted by molar-refractivity contribution is -0.152. The van der Waals surface area contributed by atoms with Crippen molar-refractivity contribution in [2.75, 3.05) is 31.1 Å². The molecular formula is C19H28N2O2S. The van der Waals surface area contributed by atoms with E-state index in [0.29, 0.717) is 25.4 Å². The summed E-state index contributed by atoms with van der Waals surface area (Å²) in [6.45, 7) is 5.49. The van der Waals surface area contributed by atoms with Crippen LogP contribution in [0.5, 0.6) is 0 Å². The first-order chi connectivity index (χ1) is 11.6. The van der Waals surface area contributed by atoms with E-state index in [1.807, 2.05) is 22.7 Å². The number of benzene rings is 1. The predicted molar refractivity (Wildman–Crippen MR) is 99.0 cm³/mol. The molecule has 3 rings (SSSR count). The van der Waals surface area contributed by atoms with Gasteiger partial charge in [-0.3, -0.25) is 9.69 Å². The molecule has 1 aromatic rings. The normalized spacial score (nSPS) is 25.2. The first-order valence-corrected chi connectivity index (χ1v) is 10.1. The average molecular weight is 349 g/mol. The molecule has 0 spiro atoms. The van der Waals surface area contributed by atoms with Gasteiger partial charge in [0.1, 0.15) is 5.60 Å². The van der Waals surface area contributed by atoms with Gasteiger partial charge in [0.15, 0.2) is 0 Å². The quantitative estimate of drug-likeness (QED) is 0.911. The van der Waals surface area contributed by atoms with Gasteiger partial charge in [-0.05, 0) is 43.3 Å². The van der Waals surface area contributed by atoms with Gasteiger partial charge in [0, 0.05) is 32.2 Å². The third-order valence-corrected chi connectivity index (χ3v) is 6.32. The number of rotatable bonds is 3. The van der Waals surface area contributed by atoms with Crippen LogP contribution >= 0.6 is 11.8 Å². The molecule has 24 heavy (non-hydrogen) atoms. The van der Waals surface area contributed by atoms with E-state index in [9.17, 15) is 9.90 Å². The lowest BCUT2D eigenvalue weighted by Gasteiger charge is -2.35. The van der Waals surface area contributed by atoms with Crippen molar-refractivity contribution in [3.05, 3.63) is 35.9 Å². The zero-order valence-corrected chi connectivity index (χ0v) is 15.3. The Balaban J connectivity index is 1.62. The number of nitrogens with zero attached hydrogens (tertiary/aromatic N) is 2. The van der Waals surface area contributed by atoms with Crippen LogP contribution in [0, 0.1) is 0 Å². The summed E-state index contributed by atoms with van der Waals surface area (Å²) in [6.07, 6.45) is 2.15. The van der Waals surface area contributed by atoms with Gasteiger partial charge in [-0.1, -0.05) is 30.3 Å². The number of thioether (sulfide) groups is 1. The van der Waals surface area contributed by atoms with Crippen molar-refractivity contribution in [3.63, 3.8) is 0 Å². The van der Waals surface area contributed by atoms with Crippen LogP contribution in [0.4, 0.5) is 0 Å². The van der Waals surface area contributed by atoms with Gasteiger partial charge in [-0.25, -0.2) is 0 Å². The maximum atomic E-state index is 12.8. The molecule has 1 N–H and O–H groups in total. The molecule has 0 aromatic heterocycles. The van der Waals surface area contributed by atoms with Crippen molar-refractivity contribution in [1.29, 1.82) is 0 Å². The minimum absolute atomic E-state index is 0.0449. The lowest BCUT2D eigenvalue weighted by atomic mass is 9.95. The molecule has 1 unspecified atom stereocenters. The second kappa shape index (κ2) is 7.89. The van der Waals surface area contributed by atoms with Crippen molar-refractivity contribution >= 4 is 17.7 Å². The van der Waals surface area contributed by atoms with Crippen LogP contribution in [0.25, 0.3) is 0 Å². The average Bonchev–Trinajstić information content (AvgIpc) is 2.78. The van der Waals surface area contributed by atoms with Gasteiger partial charge in [0.25, 0.3) is 5.91 Å². The molecule has 1 aromatic carbocycles. The molecule has 0 radical (unpaired) electrons. The molecule has 2 aliphatic heterocycles. The number of carbonyl (C=O) groups is 1. The van der Waals surface area contributed by atoms with Crippen LogP contribution in [0.15, 0.2) is 30.3 Å². The zero-order valence-electron chi connectivity index (χ0n) is 14.5. The summed E-state index contributed by atoms with van der Waals surface area (Å²) in [5.74, 6) is 1.72. The smallest absolute Gasteiger partial charge is 0.254 e. The van der Waals surface area contributed by atoms with Gasteiger partial charge in [0.2, 0.25) is 0 Å². The first-order valence-electron chi connectivity index (χ1n) is 8.96. The maximum Gasteiger partial charge on any atom is 0.254 e. The highest BCUT2D eigenvalue weighted by Gasteiger charge is 2.40. The van der Waals surface area contributed by atoms with Crippen LogP contribution in [0.2, 0.25) is 0 Å². The molecule has 132 valence electrons. The van der Waals surface area contributed by atoms with Crippen molar-refractivity contribution in [2.45, 2.75) is 44.4 Å². The summed E-state index contributed by atoms with van der Waals surface area (Å²) in [5.41, 5.74) is 0.190. The Hall–Kier alpha value is -1.04. The third-order valence-electron chi connectivity index (χ3n) is 5.33. The molecule has 2 heterocycles. The summed E-state index contributed by atoms with van der Waals surface area (Å²) >= 11 is 1.83. The van der Waals surface area contributed by atoms with E-state index in [4.69, 9.17) is 0 Å². The fourth-order valence-electron chi connectivity index (χ4n) is 3.58. The number of aliphatic hydroxyl groups is 1. The molecule has 5 heteroatoms. The molecule has 0 saturated carbocycles. The highest BCUT2D eigenvalue weighted by Crippen LogP contribution is 2.29. The molecule has 0 bridgehead atoms. The molecular weight excluding hydrogens is 320 g/mol. The highest BCUT2D eigenvalue weighted by atomic mass is 32.2. The van der Waals surface area contributed by atoms with Crippen LogP contribution < -0.4 is 0 Å². The van der Waals surface area contributed by atoms with Crippen LogP contribution in [-0.2, 0) is 11.3 Å². The number of carbonyl (C=O) groups excluding carboxylic acids is 1. The standard InChI is InChI=1S/C19H28N2O2S/c1-16-7-10-20(18(22)19(23)8-13-24-14-9-19)11-12-21(16)15-17-5-3-2-4-6-17/h2-6,16,23H,7-15H2,1H3. The summed E-state index contributed by atoms with van der Waals surface area (Å²) in [5, 5.41) is 10.7. The topological polar surface area (TPSA) is 43.8 Å². The van der Waals surface area contributed by atoms with E-state index in [-0.39, 0.29) is 5.91 Å². The Labute approximate surface area is 149 Å². The monoisotopic (exact) mass is 348 g/mol. The SMILES string of the molecule is CC1CCN(C(=O)C2(O)CCSCC2)CCN1Cc1ccccc1. The molecule has 4 nitrogen and oxygen atoms in total. The molecule has 1 amide bonds. The van der Waals surface area contributed by atoms with E-state index in [2.05, 4.69) is 36.1 Å². The lowest BCUT2D eigenvalue weighted by Crippen LogP contribution is -2.51. The van der Waals surface area contributed by atoms with Gasteiger partial charge in [-0.15, -0.1) is 0 Å². The minimum Gasteiger partial charge on any atom is -0.380 e. The Morgan fingerprint density at radius 3 is 2.62 bits per heavy atom. The van der Waals surface area contributed by atoms with E-state index >= 15 is 0 Å². The third kappa shape index (κ3) is 4.13. The van der Waals surface area contributed by atoms with Gasteiger partial charge in [-0.2, -0.15) is 11.8 Å². The second-order valence-electron chi connectivity index (χ2n) is 7.03. The number of hydrogen-bond donors (Lipinski definition) is 1. The molecule has 2 aliphatic rings. The van der Waals surface area contributed by atoms with Gasteiger partial charge < -0.3 is 10.0 Å². The van der Waals surface area contributed by atoms with Crippen molar-refractivity contribution < 1.29 is 9.90 Å². The Morgan fingerprint density at radius 1 is 1.21 bits per heavy atom. The molecule has 2 saturated heterocycles. The fourth-order valence-corrected chi connectivity index (χ4v) is 4.75.